The molecule has 0 aliphatic carbocycles. The molecule has 0 aliphatic rings. The zero-order chi connectivity index (χ0) is 9.97. The standard InChI is InChI=1S/C12H16N2/c1-9(2)13-7-10-8-14-12-6-4-3-5-11(10)12/h3-6,8-9,13-14H,7H2,1-2H3. The Kier molecular flexibility index (Phi) is 2.55. The van der Waals surface area contributed by atoms with Crippen LogP contribution in [0.3, 0.4) is 0 Å². The number of H-pyrrole nitrogens is 1. The van der Waals surface area contributed by atoms with E-state index in [1.807, 2.05) is 0 Å². The Hall–Kier alpha value is -1.28. The van der Waals surface area contributed by atoms with E-state index in [0.717, 1.165) is 6.54 Å². The maximum atomic E-state index is 3.42. The maximum absolute atomic E-state index is 3.42. The molecule has 0 bridgehead atoms. The molecule has 2 N–H and O–H groups in total. The summed E-state index contributed by atoms with van der Waals surface area (Å²) in [5.74, 6) is 0. The normalized spacial score (nSPS) is 11.4. The average molecular weight is 188 g/mol. The van der Waals surface area contributed by atoms with E-state index < -0.39 is 0 Å². The molecule has 0 saturated heterocycles. The van der Waals surface area contributed by atoms with Gasteiger partial charge in [0.1, 0.15) is 0 Å². The lowest BCUT2D eigenvalue weighted by Crippen LogP contribution is -2.21. The molecular formula is C12H16N2. The second-order valence-corrected chi connectivity index (χ2v) is 3.90. The van der Waals surface area contributed by atoms with Gasteiger partial charge in [0.05, 0.1) is 0 Å². The fourth-order valence-electron chi connectivity index (χ4n) is 1.59. The Labute approximate surface area is 84.3 Å². The van der Waals surface area contributed by atoms with Gasteiger partial charge in [-0.3, -0.25) is 0 Å². The predicted molar refractivity (Wildman–Crippen MR) is 60.3 cm³/mol. The van der Waals surface area contributed by atoms with Crippen LogP contribution in [0, 0.1) is 0 Å². The Morgan fingerprint density at radius 2 is 2.07 bits per heavy atom. The van der Waals surface area contributed by atoms with Crippen LogP contribution in [0.4, 0.5) is 0 Å². The van der Waals surface area contributed by atoms with Crippen LogP contribution in [0.25, 0.3) is 10.9 Å². The number of hydrogen-bond acceptors (Lipinski definition) is 1. The van der Waals surface area contributed by atoms with Gasteiger partial charge in [-0.05, 0) is 11.6 Å². The van der Waals surface area contributed by atoms with E-state index in [1.54, 1.807) is 0 Å². The molecule has 2 rings (SSSR count). The van der Waals surface area contributed by atoms with Crippen LogP contribution in [0.1, 0.15) is 19.4 Å². The third-order valence-corrected chi connectivity index (χ3v) is 2.38. The van der Waals surface area contributed by atoms with Gasteiger partial charge in [0, 0.05) is 29.7 Å². The molecule has 1 heterocycles. The highest BCUT2D eigenvalue weighted by atomic mass is 14.9. The summed E-state index contributed by atoms with van der Waals surface area (Å²) in [4.78, 5) is 3.27. The molecule has 74 valence electrons. The van der Waals surface area contributed by atoms with Crippen molar-refractivity contribution >= 4 is 10.9 Å². The Morgan fingerprint density at radius 1 is 1.29 bits per heavy atom. The highest BCUT2D eigenvalue weighted by molar-refractivity contribution is 5.82. The average Bonchev–Trinajstić information content (AvgIpc) is 2.58. The number of hydrogen-bond donors (Lipinski definition) is 2. The Morgan fingerprint density at radius 3 is 2.86 bits per heavy atom. The van der Waals surface area contributed by atoms with Gasteiger partial charge in [0.2, 0.25) is 0 Å². The van der Waals surface area contributed by atoms with Crippen LogP contribution in [-0.4, -0.2) is 11.0 Å². The molecular weight excluding hydrogens is 172 g/mol. The SMILES string of the molecule is CC(C)NCc1c[nH]c2ccccc12. The fourth-order valence-corrected chi connectivity index (χ4v) is 1.59. The quantitative estimate of drug-likeness (QED) is 0.761. The lowest BCUT2D eigenvalue weighted by molar-refractivity contribution is 0.590. The number of para-hydroxylation sites is 1. The minimum atomic E-state index is 0.531. The van der Waals surface area contributed by atoms with E-state index in [2.05, 4.69) is 54.6 Å². The molecule has 2 nitrogen and oxygen atoms in total. The third kappa shape index (κ3) is 1.80. The molecule has 0 atom stereocenters. The van der Waals surface area contributed by atoms with Gasteiger partial charge in [-0.25, -0.2) is 0 Å². The molecule has 2 heteroatoms. The zero-order valence-corrected chi connectivity index (χ0v) is 8.67. The van der Waals surface area contributed by atoms with Crippen LogP contribution >= 0.6 is 0 Å². The number of nitrogens with one attached hydrogen (secondary N) is 2. The van der Waals surface area contributed by atoms with Crippen molar-refractivity contribution in [3.63, 3.8) is 0 Å². The molecule has 1 aromatic carbocycles. The van der Waals surface area contributed by atoms with Gasteiger partial charge in [-0.1, -0.05) is 32.0 Å². The second kappa shape index (κ2) is 3.84. The first-order chi connectivity index (χ1) is 6.77. The van der Waals surface area contributed by atoms with Gasteiger partial charge in [0.15, 0.2) is 0 Å². The number of rotatable bonds is 3. The minimum absolute atomic E-state index is 0.531. The van der Waals surface area contributed by atoms with E-state index >= 15 is 0 Å². The van der Waals surface area contributed by atoms with E-state index in [9.17, 15) is 0 Å². The molecule has 0 spiro atoms. The molecule has 0 radical (unpaired) electrons. The van der Waals surface area contributed by atoms with Crippen LogP contribution in [0.2, 0.25) is 0 Å². The summed E-state index contributed by atoms with van der Waals surface area (Å²) in [6.45, 7) is 5.26. The van der Waals surface area contributed by atoms with Crippen molar-refractivity contribution in [2.24, 2.45) is 0 Å². The van der Waals surface area contributed by atoms with Gasteiger partial charge in [0.25, 0.3) is 0 Å². The first kappa shape index (κ1) is 9.28. The number of aromatic amines is 1. The van der Waals surface area contributed by atoms with Crippen molar-refractivity contribution in [1.82, 2.24) is 10.3 Å². The number of benzene rings is 1. The van der Waals surface area contributed by atoms with E-state index in [1.165, 1.54) is 16.5 Å². The van der Waals surface area contributed by atoms with Crippen molar-refractivity contribution in [3.8, 4) is 0 Å². The summed E-state index contributed by atoms with van der Waals surface area (Å²) in [5.41, 5.74) is 2.56. The van der Waals surface area contributed by atoms with Crippen LogP contribution in [0.5, 0.6) is 0 Å². The molecule has 2 aromatic rings. The predicted octanol–water partition coefficient (Wildman–Crippen LogP) is 2.67. The molecule has 0 unspecified atom stereocenters. The third-order valence-electron chi connectivity index (χ3n) is 2.38. The molecule has 0 fully saturated rings. The van der Waals surface area contributed by atoms with Crippen molar-refractivity contribution < 1.29 is 0 Å². The fraction of sp³-hybridized carbons (Fsp3) is 0.333. The number of aromatic nitrogens is 1. The lowest BCUT2D eigenvalue weighted by Gasteiger charge is -2.06. The Bertz CT molecular complexity index is 415. The summed E-state index contributed by atoms with van der Waals surface area (Å²) in [6.07, 6.45) is 2.08. The van der Waals surface area contributed by atoms with Crippen molar-refractivity contribution in [3.05, 3.63) is 36.0 Å². The smallest absolute Gasteiger partial charge is 0.0457 e. The lowest BCUT2D eigenvalue weighted by atomic mass is 10.2. The molecule has 0 aliphatic heterocycles. The van der Waals surface area contributed by atoms with E-state index in [-0.39, 0.29) is 0 Å². The Balaban J connectivity index is 2.25. The van der Waals surface area contributed by atoms with Gasteiger partial charge in [-0.15, -0.1) is 0 Å². The summed E-state index contributed by atoms with van der Waals surface area (Å²) in [7, 11) is 0. The summed E-state index contributed by atoms with van der Waals surface area (Å²) >= 11 is 0. The van der Waals surface area contributed by atoms with E-state index in [0.29, 0.717) is 6.04 Å². The molecule has 14 heavy (non-hydrogen) atoms. The van der Waals surface area contributed by atoms with Crippen molar-refractivity contribution in [1.29, 1.82) is 0 Å². The first-order valence-electron chi connectivity index (χ1n) is 5.06. The first-order valence-corrected chi connectivity index (χ1v) is 5.06. The molecule has 0 amide bonds. The zero-order valence-electron chi connectivity index (χ0n) is 8.67. The monoisotopic (exact) mass is 188 g/mol. The summed E-state index contributed by atoms with van der Waals surface area (Å²) in [5, 5.41) is 4.74. The molecule has 0 saturated carbocycles. The van der Waals surface area contributed by atoms with Gasteiger partial charge in [-0.2, -0.15) is 0 Å². The highest BCUT2D eigenvalue weighted by Crippen LogP contribution is 2.17. The largest absolute Gasteiger partial charge is 0.361 e. The molecule has 1 aromatic heterocycles. The maximum Gasteiger partial charge on any atom is 0.0457 e. The summed E-state index contributed by atoms with van der Waals surface area (Å²) in [6, 6.07) is 8.92. The van der Waals surface area contributed by atoms with Crippen LogP contribution < -0.4 is 5.32 Å². The number of fused-ring (bicyclic) bond motifs is 1. The minimum Gasteiger partial charge on any atom is -0.361 e. The topological polar surface area (TPSA) is 27.8 Å². The second-order valence-electron chi connectivity index (χ2n) is 3.90. The van der Waals surface area contributed by atoms with E-state index in [4.69, 9.17) is 0 Å². The van der Waals surface area contributed by atoms with Crippen molar-refractivity contribution in [2.45, 2.75) is 26.4 Å². The highest BCUT2D eigenvalue weighted by Gasteiger charge is 2.02. The van der Waals surface area contributed by atoms with Gasteiger partial charge < -0.3 is 10.3 Å². The van der Waals surface area contributed by atoms with Crippen LogP contribution in [-0.2, 0) is 6.54 Å². The van der Waals surface area contributed by atoms with Crippen LogP contribution in [0.15, 0.2) is 30.5 Å². The van der Waals surface area contributed by atoms with Gasteiger partial charge >= 0.3 is 0 Å². The van der Waals surface area contributed by atoms with Crippen molar-refractivity contribution in [2.75, 3.05) is 0 Å². The summed E-state index contributed by atoms with van der Waals surface area (Å²) < 4.78 is 0.